The molecule has 4 heterocycles. The van der Waals surface area contributed by atoms with Crippen LogP contribution in [0.25, 0.3) is 21.8 Å². The fraction of sp³-hybridized carbons (Fsp3) is 0.318. The molecule has 0 spiro atoms. The molecule has 1 aromatic carbocycles. The predicted octanol–water partition coefficient (Wildman–Crippen LogP) is 3.74. The summed E-state index contributed by atoms with van der Waals surface area (Å²) in [6.45, 7) is 5.15. The lowest BCUT2D eigenvalue weighted by atomic mass is 10.1. The van der Waals surface area contributed by atoms with E-state index in [-0.39, 0.29) is 5.91 Å². The minimum atomic E-state index is -0.182. The van der Waals surface area contributed by atoms with E-state index in [0.29, 0.717) is 17.4 Å². The Morgan fingerprint density at radius 2 is 2.10 bits per heavy atom. The number of fused-ring (bicyclic) bond motifs is 2. The summed E-state index contributed by atoms with van der Waals surface area (Å²) in [5, 5.41) is 13.0. The van der Waals surface area contributed by atoms with Gasteiger partial charge >= 0.3 is 0 Å². The van der Waals surface area contributed by atoms with Gasteiger partial charge in [0.2, 0.25) is 0 Å². The first-order valence-electron chi connectivity index (χ1n) is 9.97. The molecule has 0 bridgehead atoms. The number of hydrogen-bond donors (Lipinski definition) is 3. The number of pyridine rings is 1. The van der Waals surface area contributed by atoms with Gasteiger partial charge in [-0.3, -0.25) is 9.48 Å². The van der Waals surface area contributed by atoms with E-state index in [0.717, 1.165) is 40.5 Å². The number of hydrogen-bond acceptors (Lipinski definition) is 4. The summed E-state index contributed by atoms with van der Waals surface area (Å²) in [4.78, 5) is 20.8. The van der Waals surface area contributed by atoms with E-state index in [9.17, 15) is 4.79 Å². The number of aryl methyl sites for hydroxylation is 3. The smallest absolute Gasteiger partial charge is 0.256 e. The molecule has 1 atom stereocenters. The Morgan fingerprint density at radius 3 is 2.90 bits per heavy atom. The molecule has 0 radical (unpaired) electrons. The third-order valence-electron chi connectivity index (χ3n) is 5.93. The van der Waals surface area contributed by atoms with Crippen LogP contribution in [0, 0.1) is 13.8 Å². The van der Waals surface area contributed by atoms with Crippen LogP contribution in [-0.4, -0.2) is 32.2 Å². The Kier molecular flexibility index (Phi) is 4.13. The number of rotatable bonds is 3. The lowest BCUT2D eigenvalue weighted by molar-refractivity contribution is 0.102. The first-order valence-corrected chi connectivity index (χ1v) is 9.97. The number of H-pyrrole nitrogens is 1. The van der Waals surface area contributed by atoms with Crippen LogP contribution < -0.4 is 10.6 Å². The summed E-state index contributed by atoms with van der Waals surface area (Å²) in [6.07, 6.45) is 4.17. The molecule has 1 aliphatic rings. The highest BCUT2D eigenvalue weighted by atomic mass is 16.1. The average Bonchev–Trinajstić information content (AvgIpc) is 3.41. The molecule has 0 unspecified atom stereocenters. The molecular formula is C22H24N6O. The second-order valence-electron chi connectivity index (χ2n) is 7.82. The van der Waals surface area contributed by atoms with Crippen LogP contribution in [0.5, 0.6) is 0 Å². The maximum atomic E-state index is 12.8. The fourth-order valence-corrected chi connectivity index (χ4v) is 4.36. The summed E-state index contributed by atoms with van der Waals surface area (Å²) in [5.41, 5.74) is 5.92. The second-order valence-corrected chi connectivity index (χ2v) is 7.82. The molecule has 7 nitrogen and oxygen atoms in total. The van der Waals surface area contributed by atoms with E-state index in [1.54, 1.807) is 4.68 Å². The van der Waals surface area contributed by atoms with Gasteiger partial charge in [0.15, 0.2) is 0 Å². The van der Waals surface area contributed by atoms with Gasteiger partial charge in [0, 0.05) is 47.4 Å². The number of carbonyl (C=O) groups excluding carboxylic acids is 1. The first-order chi connectivity index (χ1) is 14.0. The highest BCUT2D eigenvalue weighted by Crippen LogP contribution is 2.31. The number of anilines is 1. The van der Waals surface area contributed by atoms with Crippen molar-refractivity contribution < 1.29 is 4.79 Å². The third kappa shape index (κ3) is 2.98. The van der Waals surface area contributed by atoms with Crippen molar-refractivity contribution in [3.8, 4) is 0 Å². The van der Waals surface area contributed by atoms with Gasteiger partial charge in [-0.25, -0.2) is 4.98 Å². The van der Waals surface area contributed by atoms with E-state index in [1.165, 1.54) is 17.7 Å². The molecule has 5 rings (SSSR count). The van der Waals surface area contributed by atoms with Gasteiger partial charge in [0.05, 0.1) is 16.7 Å². The topological polar surface area (TPSA) is 87.6 Å². The molecule has 29 heavy (non-hydrogen) atoms. The minimum absolute atomic E-state index is 0.182. The lowest BCUT2D eigenvalue weighted by Gasteiger charge is -2.08. The van der Waals surface area contributed by atoms with Gasteiger partial charge < -0.3 is 15.6 Å². The molecule has 3 aromatic heterocycles. The van der Waals surface area contributed by atoms with Crippen LogP contribution in [0.1, 0.15) is 46.2 Å². The van der Waals surface area contributed by atoms with Crippen LogP contribution in [0.2, 0.25) is 0 Å². The third-order valence-corrected chi connectivity index (χ3v) is 5.93. The number of benzene rings is 1. The zero-order chi connectivity index (χ0) is 20.1. The van der Waals surface area contributed by atoms with E-state index in [2.05, 4.69) is 32.6 Å². The molecular weight excluding hydrogens is 364 g/mol. The Labute approximate surface area is 168 Å². The largest absolute Gasteiger partial charge is 0.357 e. The molecule has 0 saturated carbocycles. The fourth-order valence-electron chi connectivity index (χ4n) is 4.36. The Hall–Kier alpha value is -3.19. The number of nitrogens with one attached hydrogen (secondary N) is 3. The molecule has 1 aliphatic heterocycles. The molecule has 148 valence electrons. The van der Waals surface area contributed by atoms with Crippen molar-refractivity contribution in [1.82, 2.24) is 25.1 Å². The predicted molar refractivity (Wildman–Crippen MR) is 114 cm³/mol. The van der Waals surface area contributed by atoms with E-state index < -0.39 is 0 Å². The molecule has 7 heteroatoms. The summed E-state index contributed by atoms with van der Waals surface area (Å²) < 4.78 is 1.80. The maximum Gasteiger partial charge on any atom is 0.256 e. The van der Waals surface area contributed by atoms with Crippen LogP contribution in [0.4, 0.5) is 5.82 Å². The van der Waals surface area contributed by atoms with Gasteiger partial charge in [-0.2, -0.15) is 5.10 Å². The van der Waals surface area contributed by atoms with Crippen molar-refractivity contribution in [2.24, 2.45) is 7.05 Å². The molecule has 1 amide bonds. The molecule has 1 saturated heterocycles. The normalized spacial score (nSPS) is 16.7. The Bertz CT molecular complexity index is 1250. The summed E-state index contributed by atoms with van der Waals surface area (Å²) >= 11 is 0. The van der Waals surface area contributed by atoms with E-state index in [1.807, 2.05) is 44.4 Å². The highest BCUT2D eigenvalue weighted by molar-refractivity contribution is 6.06. The van der Waals surface area contributed by atoms with Crippen LogP contribution in [0.15, 0.2) is 30.5 Å². The molecule has 1 fully saturated rings. The van der Waals surface area contributed by atoms with Gasteiger partial charge in [0.1, 0.15) is 5.82 Å². The van der Waals surface area contributed by atoms with Crippen molar-refractivity contribution in [2.75, 3.05) is 11.9 Å². The van der Waals surface area contributed by atoms with Crippen LogP contribution in [-0.2, 0) is 7.05 Å². The monoisotopic (exact) mass is 388 g/mol. The Balaban J connectivity index is 1.43. The number of carbonyl (C=O) groups is 1. The van der Waals surface area contributed by atoms with Gasteiger partial charge in [-0.1, -0.05) is 6.07 Å². The van der Waals surface area contributed by atoms with Crippen molar-refractivity contribution in [3.05, 3.63) is 53.0 Å². The van der Waals surface area contributed by atoms with Gasteiger partial charge in [-0.15, -0.1) is 0 Å². The van der Waals surface area contributed by atoms with Crippen molar-refractivity contribution in [1.29, 1.82) is 0 Å². The van der Waals surface area contributed by atoms with Crippen molar-refractivity contribution in [2.45, 2.75) is 32.7 Å². The average molecular weight is 388 g/mol. The van der Waals surface area contributed by atoms with Gasteiger partial charge in [-0.05, 0) is 50.9 Å². The first kappa shape index (κ1) is 17.9. The zero-order valence-corrected chi connectivity index (χ0v) is 16.8. The van der Waals surface area contributed by atoms with Gasteiger partial charge in [0.25, 0.3) is 5.91 Å². The molecule has 0 aliphatic carbocycles. The van der Waals surface area contributed by atoms with Crippen molar-refractivity contribution in [3.63, 3.8) is 0 Å². The minimum Gasteiger partial charge on any atom is -0.357 e. The number of amides is 1. The highest BCUT2D eigenvalue weighted by Gasteiger charge is 2.21. The van der Waals surface area contributed by atoms with E-state index >= 15 is 0 Å². The lowest BCUT2D eigenvalue weighted by Crippen LogP contribution is -2.13. The molecule has 4 aromatic rings. The quantitative estimate of drug-likeness (QED) is 0.499. The summed E-state index contributed by atoms with van der Waals surface area (Å²) in [6, 6.07) is 7.91. The number of aromatic amines is 1. The summed E-state index contributed by atoms with van der Waals surface area (Å²) in [5.74, 6) is 0.356. The SMILES string of the molecule is Cc1c([C@H]2CCCN2)[nH]c2cc(NC(=O)c3ccc4c(C)nn(C)c4c3)ncc12. The van der Waals surface area contributed by atoms with Crippen LogP contribution in [0.3, 0.4) is 0 Å². The second kappa shape index (κ2) is 6.70. The zero-order valence-electron chi connectivity index (χ0n) is 16.8. The van der Waals surface area contributed by atoms with Crippen LogP contribution >= 0.6 is 0 Å². The maximum absolute atomic E-state index is 12.8. The standard InChI is InChI=1S/C22H24N6O/c1-12-16-11-24-20(10-18(16)25-21(12)17-5-4-8-23-17)26-22(29)14-6-7-15-13(2)27-28(3)19(15)9-14/h6-7,9-11,17,23,25H,4-5,8H2,1-3H3,(H,24,26,29)/t17-/m1/s1. The number of aromatic nitrogens is 4. The number of nitrogens with zero attached hydrogens (tertiary/aromatic N) is 3. The summed E-state index contributed by atoms with van der Waals surface area (Å²) in [7, 11) is 1.89. The molecule has 3 N–H and O–H groups in total. The van der Waals surface area contributed by atoms with E-state index in [4.69, 9.17) is 0 Å². The van der Waals surface area contributed by atoms with Crippen molar-refractivity contribution >= 4 is 33.5 Å². The Morgan fingerprint density at radius 1 is 1.24 bits per heavy atom.